The van der Waals surface area contributed by atoms with Crippen LogP contribution in [0.1, 0.15) is 43.9 Å². The zero-order valence-corrected chi connectivity index (χ0v) is 11.8. The lowest BCUT2D eigenvalue weighted by Crippen LogP contribution is -2.41. The normalized spacial score (nSPS) is 20.8. The Morgan fingerprint density at radius 1 is 1.28 bits per heavy atom. The van der Waals surface area contributed by atoms with E-state index in [0.717, 1.165) is 13.0 Å². The van der Waals surface area contributed by atoms with Gasteiger partial charge in [-0.25, -0.2) is 0 Å². The van der Waals surface area contributed by atoms with Crippen LogP contribution in [0.2, 0.25) is 0 Å². The molecule has 1 aliphatic heterocycles. The van der Waals surface area contributed by atoms with Gasteiger partial charge in [0, 0.05) is 6.04 Å². The van der Waals surface area contributed by atoms with Crippen LogP contribution in [0.15, 0.2) is 24.3 Å². The van der Waals surface area contributed by atoms with Crippen molar-refractivity contribution in [2.75, 3.05) is 13.7 Å². The van der Waals surface area contributed by atoms with Gasteiger partial charge in [0.15, 0.2) is 0 Å². The molecule has 1 heterocycles. The van der Waals surface area contributed by atoms with E-state index in [1.54, 1.807) is 0 Å². The summed E-state index contributed by atoms with van der Waals surface area (Å²) >= 11 is 0. The first-order chi connectivity index (χ1) is 8.81. The molecule has 0 radical (unpaired) electrons. The van der Waals surface area contributed by atoms with Crippen LogP contribution in [-0.4, -0.2) is 19.7 Å². The lowest BCUT2D eigenvalue weighted by Gasteiger charge is -2.36. The Hall–Kier alpha value is -0.860. The van der Waals surface area contributed by atoms with E-state index in [0.29, 0.717) is 12.0 Å². The summed E-state index contributed by atoms with van der Waals surface area (Å²) in [7, 11) is 2.06. The molecule has 2 unspecified atom stereocenters. The van der Waals surface area contributed by atoms with Crippen LogP contribution in [0, 0.1) is 5.92 Å². The van der Waals surface area contributed by atoms with Gasteiger partial charge in [-0.3, -0.25) is 0 Å². The Morgan fingerprint density at radius 3 is 2.67 bits per heavy atom. The van der Waals surface area contributed by atoms with Crippen LogP contribution in [0.5, 0.6) is 0 Å². The van der Waals surface area contributed by atoms with E-state index in [-0.39, 0.29) is 6.10 Å². The quantitative estimate of drug-likeness (QED) is 0.862. The second-order valence-electron chi connectivity index (χ2n) is 5.13. The smallest absolute Gasteiger partial charge is 0.0983 e. The minimum absolute atomic E-state index is 0.213. The Labute approximate surface area is 111 Å². The van der Waals surface area contributed by atoms with Crippen molar-refractivity contribution in [1.82, 2.24) is 5.32 Å². The van der Waals surface area contributed by atoms with Crippen LogP contribution in [0.25, 0.3) is 0 Å². The standard InChI is InChI=1S/C16H25NO/c1-4-12(5-2)15(17-3)16-14-9-7-6-8-13(14)10-11-18-16/h6-9,12,15-17H,4-5,10-11H2,1-3H3. The molecule has 2 nitrogen and oxygen atoms in total. The van der Waals surface area contributed by atoms with Crippen LogP contribution < -0.4 is 5.32 Å². The fourth-order valence-corrected chi connectivity index (χ4v) is 3.15. The molecular weight excluding hydrogens is 222 g/mol. The molecule has 1 aromatic carbocycles. The monoisotopic (exact) mass is 247 g/mol. The first-order valence-corrected chi connectivity index (χ1v) is 7.18. The van der Waals surface area contributed by atoms with Gasteiger partial charge in [0.25, 0.3) is 0 Å². The van der Waals surface area contributed by atoms with Gasteiger partial charge >= 0.3 is 0 Å². The summed E-state index contributed by atoms with van der Waals surface area (Å²) in [6.07, 6.45) is 3.66. The molecule has 0 amide bonds. The molecule has 0 spiro atoms. The molecule has 2 heteroatoms. The van der Waals surface area contributed by atoms with E-state index in [1.807, 2.05) is 0 Å². The number of hydrogen-bond donors (Lipinski definition) is 1. The minimum Gasteiger partial charge on any atom is -0.372 e. The predicted octanol–water partition coefficient (Wildman–Crippen LogP) is 3.32. The second kappa shape index (κ2) is 6.35. The molecule has 0 fully saturated rings. The number of hydrogen-bond acceptors (Lipinski definition) is 2. The third-order valence-corrected chi connectivity index (χ3v) is 4.25. The molecule has 1 aromatic rings. The van der Waals surface area contributed by atoms with Gasteiger partial charge in [-0.1, -0.05) is 51.0 Å². The number of fused-ring (bicyclic) bond motifs is 1. The van der Waals surface area contributed by atoms with Gasteiger partial charge in [0.05, 0.1) is 12.7 Å². The SMILES string of the molecule is CCC(CC)C(NC)C1OCCc2ccccc21. The number of ether oxygens (including phenoxy) is 1. The van der Waals surface area contributed by atoms with Gasteiger partial charge in [-0.2, -0.15) is 0 Å². The van der Waals surface area contributed by atoms with Crippen LogP contribution >= 0.6 is 0 Å². The average molecular weight is 247 g/mol. The summed E-state index contributed by atoms with van der Waals surface area (Å²) in [4.78, 5) is 0. The molecule has 0 aliphatic carbocycles. The molecular formula is C16H25NO. The number of rotatable bonds is 5. The van der Waals surface area contributed by atoms with Gasteiger partial charge in [-0.15, -0.1) is 0 Å². The summed E-state index contributed by atoms with van der Waals surface area (Å²) in [6.45, 7) is 5.39. The molecule has 2 rings (SSSR count). The average Bonchev–Trinajstić information content (AvgIpc) is 2.44. The molecule has 0 aromatic heterocycles. The molecule has 0 saturated carbocycles. The number of likely N-dealkylation sites (N-methyl/N-ethyl adjacent to an activating group) is 1. The summed E-state index contributed by atoms with van der Waals surface area (Å²) in [6, 6.07) is 9.14. The molecule has 100 valence electrons. The maximum atomic E-state index is 6.08. The summed E-state index contributed by atoms with van der Waals surface area (Å²) in [5.74, 6) is 0.672. The van der Waals surface area contributed by atoms with Crippen molar-refractivity contribution in [1.29, 1.82) is 0 Å². The van der Waals surface area contributed by atoms with Crippen molar-refractivity contribution in [2.24, 2.45) is 5.92 Å². The molecule has 1 aliphatic rings. The maximum Gasteiger partial charge on any atom is 0.0983 e. The van der Waals surface area contributed by atoms with Crippen LogP contribution in [0.3, 0.4) is 0 Å². The highest BCUT2D eigenvalue weighted by Crippen LogP contribution is 2.34. The highest BCUT2D eigenvalue weighted by Gasteiger charge is 2.31. The van der Waals surface area contributed by atoms with Gasteiger partial charge in [0.2, 0.25) is 0 Å². The first kappa shape index (κ1) is 13.6. The summed E-state index contributed by atoms with van der Waals surface area (Å²) in [5, 5.41) is 3.49. The second-order valence-corrected chi connectivity index (χ2v) is 5.13. The van der Waals surface area contributed by atoms with Crippen molar-refractivity contribution < 1.29 is 4.74 Å². The Morgan fingerprint density at radius 2 is 2.00 bits per heavy atom. The largest absolute Gasteiger partial charge is 0.372 e. The first-order valence-electron chi connectivity index (χ1n) is 7.18. The fraction of sp³-hybridized carbons (Fsp3) is 0.625. The minimum atomic E-state index is 0.213. The molecule has 2 atom stereocenters. The lowest BCUT2D eigenvalue weighted by molar-refractivity contribution is 0.000528. The number of benzene rings is 1. The van der Waals surface area contributed by atoms with E-state index in [4.69, 9.17) is 4.74 Å². The zero-order chi connectivity index (χ0) is 13.0. The van der Waals surface area contributed by atoms with Crippen molar-refractivity contribution in [2.45, 2.75) is 45.3 Å². The summed E-state index contributed by atoms with van der Waals surface area (Å²) < 4.78 is 6.08. The Kier molecular flexibility index (Phi) is 4.79. The molecule has 1 N–H and O–H groups in total. The lowest BCUT2D eigenvalue weighted by atomic mass is 9.84. The molecule has 0 saturated heterocycles. The van der Waals surface area contributed by atoms with E-state index in [9.17, 15) is 0 Å². The highest BCUT2D eigenvalue weighted by molar-refractivity contribution is 5.32. The van der Waals surface area contributed by atoms with Crippen molar-refractivity contribution in [3.05, 3.63) is 35.4 Å². The predicted molar refractivity (Wildman–Crippen MR) is 75.8 cm³/mol. The third-order valence-electron chi connectivity index (χ3n) is 4.25. The van der Waals surface area contributed by atoms with E-state index < -0.39 is 0 Å². The fourth-order valence-electron chi connectivity index (χ4n) is 3.15. The van der Waals surface area contributed by atoms with Crippen LogP contribution in [0.4, 0.5) is 0 Å². The van der Waals surface area contributed by atoms with E-state index >= 15 is 0 Å². The van der Waals surface area contributed by atoms with E-state index in [2.05, 4.69) is 50.5 Å². The summed E-state index contributed by atoms with van der Waals surface area (Å²) in [5.41, 5.74) is 2.84. The topological polar surface area (TPSA) is 21.3 Å². The third kappa shape index (κ3) is 2.60. The van der Waals surface area contributed by atoms with Gasteiger partial charge in [0.1, 0.15) is 0 Å². The van der Waals surface area contributed by atoms with E-state index in [1.165, 1.54) is 24.0 Å². The molecule has 0 bridgehead atoms. The maximum absolute atomic E-state index is 6.08. The van der Waals surface area contributed by atoms with Gasteiger partial charge in [-0.05, 0) is 30.5 Å². The Bertz CT molecular complexity index is 373. The molecule has 18 heavy (non-hydrogen) atoms. The van der Waals surface area contributed by atoms with Crippen LogP contribution in [-0.2, 0) is 11.2 Å². The Balaban J connectivity index is 2.27. The van der Waals surface area contributed by atoms with Crippen molar-refractivity contribution in [3.63, 3.8) is 0 Å². The number of nitrogens with one attached hydrogen (secondary N) is 1. The highest BCUT2D eigenvalue weighted by atomic mass is 16.5. The van der Waals surface area contributed by atoms with Crippen molar-refractivity contribution in [3.8, 4) is 0 Å². The van der Waals surface area contributed by atoms with Crippen molar-refractivity contribution >= 4 is 0 Å². The van der Waals surface area contributed by atoms with Gasteiger partial charge < -0.3 is 10.1 Å². The zero-order valence-electron chi connectivity index (χ0n) is 11.8.